The molecule has 268 valence electrons. The standard InChI is InChI=1S/C51H32N4O2/c56-49-40(26-22-32-10-8-28-52-47(32)49)45-37-14-4-5-15-38(37)46(41-27-23-33-11-9-29-53-48(33)50(41)57)42-30-35(24-25-39(42)45)31-18-20-34(21-19-31)51-54-43-16-6-7-17-44(43)55(51)36-12-2-1-3-13-36/h1-30,56-57H. The molecule has 3 heterocycles. The zero-order valence-corrected chi connectivity index (χ0v) is 30.5. The van der Waals surface area contributed by atoms with E-state index in [0.717, 1.165) is 82.7 Å². The second-order valence-electron chi connectivity index (χ2n) is 14.3. The Kier molecular flexibility index (Phi) is 7.37. The molecule has 2 N–H and O–H groups in total. The van der Waals surface area contributed by atoms with Gasteiger partial charge in [0.05, 0.1) is 11.0 Å². The van der Waals surface area contributed by atoms with Gasteiger partial charge in [0.1, 0.15) is 28.4 Å². The van der Waals surface area contributed by atoms with Gasteiger partial charge in [-0.1, -0.05) is 115 Å². The topological polar surface area (TPSA) is 84.1 Å². The van der Waals surface area contributed by atoms with Crippen LogP contribution in [0.5, 0.6) is 11.5 Å². The molecular formula is C51H32N4O2. The Morgan fingerprint density at radius 2 is 0.965 bits per heavy atom. The summed E-state index contributed by atoms with van der Waals surface area (Å²) in [7, 11) is 0. The molecule has 11 aromatic rings. The highest BCUT2D eigenvalue weighted by atomic mass is 16.3. The van der Waals surface area contributed by atoms with Crippen LogP contribution >= 0.6 is 0 Å². The molecule has 0 atom stereocenters. The largest absolute Gasteiger partial charge is 0.505 e. The highest BCUT2D eigenvalue weighted by Crippen LogP contribution is 2.50. The Morgan fingerprint density at radius 1 is 0.421 bits per heavy atom. The Bertz CT molecular complexity index is 3370. The lowest BCUT2D eigenvalue weighted by Gasteiger charge is -2.20. The minimum Gasteiger partial charge on any atom is -0.505 e. The number of rotatable bonds is 5. The van der Waals surface area contributed by atoms with Gasteiger partial charge in [-0.2, -0.15) is 0 Å². The van der Waals surface area contributed by atoms with E-state index >= 15 is 0 Å². The summed E-state index contributed by atoms with van der Waals surface area (Å²) in [5.41, 5.74) is 10.3. The van der Waals surface area contributed by atoms with E-state index in [0.29, 0.717) is 22.2 Å². The fourth-order valence-electron chi connectivity index (χ4n) is 8.47. The first-order valence-corrected chi connectivity index (χ1v) is 18.9. The maximum atomic E-state index is 11.9. The molecule has 0 fully saturated rings. The van der Waals surface area contributed by atoms with E-state index in [-0.39, 0.29) is 11.5 Å². The molecule has 0 bridgehead atoms. The van der Waals surface area contributed by atoms with Gasteiger partial charge < -0.3 is 10.2 Å². The molecule has 11 rings (SSSR count). The van der Waals surface area contributed by atoms with Crippen LogP contribution in [0.25, 0.3) is 105 Å². The molecule has 57 heavy (non-hydrogen) atoms. The second kappa shape index (κ2) is 12.9. The van der Waals surface area contributed by atoms with Gasteiger partial charge in [0, 0.05) is 56.7 Å². The number of aromatic hydroxyl groups is 2. The lowest BCUT2D eigenvalue weighted by molar-refractivity contribution is 0.482. The first-order valence-electron chi connectivity index (χ1n) is 18.9. The van der Waals surface area contributed by atoms with Crippen LogP contribution in [-0.2, 0) is 0 Å². The summed E-state index contributed by atoms with van der Waals surface area (Å²) in [5.74, 6) is 1.13. The number of phenols is 2. The molecule has 0 aliphatic carbocycles. The minimum atomic E-state index is 0.126. The van der Waals surface area contributed by atoms with Crippen molar-refractivity contribution in [1.82, 2.24) is 19.5 Å². The number of benzene rings is 8. The van der Waals surface area contributed by atoms with Crippen LogP contribution in [0.15, 0.2) is 182 Å². The molecule has 0 aliphatic heterocycles. The summed E-state index contributed by atoms with van der Waals surface area (Å²) < 4.78 is 2.21. The third-order valence-corrected chi connectivity index (χ3v) is 11.1. The van der Waals surface area contributed by atoms with Crippen molar-refractivity contribution in [1.29, 1.82) is 0 Å². The van der Waals surface area contributed by atoms with E-state index in [2.05, 4.69) is 93.4 Å². The van der Waals surface area contributed by atoms with Gasteiger partial charge >= 0.3 is 0 Å². The minimum absolute atomic E-state index is 0.126. The third-order valence-electron chi connectivity index (χ3n) is 11.1. The molecule has 0 aliphatic rings. The summed E-state index contributed by atoms with van der Waals surface area (Å²) in [4.78, 5) is 14.2. The molecule has 6 heteroatoms. The van der Waals surface area contributed by atoms with E-state index in [1.54, 1.807) is 12.4 Å². The fourth-order valence-corrected chi connectivity index (χ4v) is 8.47. The molecule has 3 aromatic heterocycles. The number of hydrogen-bond donors (Lipinski definition) is 2. The third kappa shape index (κ3) is 5.15. The summed E-state index contributed by atoms with van der Waals surface area (Å²) in [5, 5.41) is 29.3. The van der Waals surface area contributed by atoms with E-state index in [1.807, 2.05) is 91.0 Å². The van der Waals surface area contributed by atoms with Crippen molar-refractivity contribution >= 4 is 54.4 Å². The van der Waals surface area contributed by atoms with Gasteiger partial charge in [0.25, 0.3) is 0 Å². The normalized spacial score (nSPS) is 11.6. The fraction of sp³-hybridized carbons (Fsp3) is 0. The first kappa shape index (κ1) is 32.6. The maximum absolute atomic E-state index is 11.9. The van der Waals surface area contributed by atoms with Gasteiger partial charge in [0.15, 0.2) is 0 Å². The smallest absolute Gasteiger partial charge is 0.149 e. The van der Waals surface area contributed by atoms with Crippen LogP contribution in [-0.4, -0.2) is 29.7 Å². The molecular weight excluding hydrogens is 701 g/mol. The number of imidazole rings is 1. The monoisotopic (exact) mass is 732 g/mol. The van der Waals surface area contributed by atoms with E-state index in [1.165, 1.54) is 0 Å². The average molecular weight is 733 g/mol. The van der Waals surface area contributed by atoms with Crippen LogP contribution in [0.3, 0.4) is 0 Å². The second-order valence-corrected chi connectivity index (χ2v) is 14.3. The number of phenolic OH excluding ortho intramolecular Hbond substituents is 2. The molecule has 0 saturated heterocycles. The Labute approximate surface area is 327 Å². The van der Waals surface area contributed by atoms with Gasteiger partial charge in [-0.15, -0.1) is 0 Å². The number of hydrogen-bond acceptors (Lipinski definition) is 5. The van der Waals surface area contributed by atoms with Gasteiger partial charge in [-0.25, -0.2) is 4.98 Å². The van der Waals surface area contributed by atoms with Crippen molar-refractivity contribution in [3.05, 3.63) is 182 Å². The molecule has 0 unspecified atom stereocenters. The molecule has 0 saturated carbocycles. The van der Waals surface area contributed by atoms with Crippen molar-refractivity contribution in [2.45, 2.75) is 0 Å². The molecule has 6 nitrogen and oxygen atoms in total. The van der Waals surface area contributed by atoms with Crippen molar-refractivity contribution in [3.8, 4) is 62.0 Å². The first-order chi connectivity index (χ1) is 28.1. The van der Waals surface area contributed by atoms with E-state index < -0.39 is 0 Å². The Hall–Kier alpha value is -7.83. The van der Waals surface area contributed by atoms with Crippen LogP contribution in [0.4, 0.5) is 0 Å². The average Bonchev–Trinajstić information content (AvgIpc) is 3.67. The van der Waals surface area contributed by atoms with Gasteiger partial charge in [-0.05, 0) is 87.3 Å². The SMILES string of the molecule is Oc1c(-c2c3ccccc3c(-c3ccc4cccnc4c3O)c3cc(-c4ccc(-c5nc6ccccc6n5-c5ccccc5)cc4)ccc23)ccc2cccnc12. The molecule has 0 amide bonds. The summed E-state index contributed by atoms with van der Waals surface area (Å²) in [6, 6.07) is 57.4. The predicted octanol–water partition coefficient (Wildman–Crippen LogP) is 12.5. The lowest BCUT2D eigenvalue weighted by Crippen LogP contribution is -1.97. The molecule has 8 aromatic carbocycles. The van der Waals surface area contributed by atoms with E-state index in [4.69, 9.17) is 4.98 Å². The Balaban J connectivity index is 1.15. The van der Waals surface area contributed by atoms with Crippen LogP contribution in [0.1, 0.15) is 0 Å². The maximum Gasteiger partial charge on any atom is 0.149 e. The van der Waals surface area contributed by atoms with Crippen molar-refractivity contribution in [2.24, 2.45) is 0 Å². The number of aromatic nitrogens is 4. The summed E-state index contributed by atoms with van der Waals surface area (Å²) in [6.07, 6.45) is 3.41. The van der Waals surface area contributed by atoms with Crippen molar-refractivity contribution < 1.29 is 10.2 Å². The predicted molar refractivity (Wildman–Crippen MR) is 232 cm³/mol. The zero-order valence-electron chi connectivity index (χ0n) is 30.5. The summed E-state index contributed by atoms with van der Waals surface area (Å²) >= 11 is 0. The quantitative estimate of drug-likeness (QED) is 0.172. The molecule has 0 radical (unpaired) electrons. The van der Waals surface area contributed by atoms with E-state index in [9.17, 15) is 10.2 Å². The molecule has 0 spiro atoms. The highest BCUT2D eigenvalue weighted by molar-refractivity contribution is 6.24. The Morgan fingerprint density at radius 3 is 1.63 bits per heavy atom. The highest BCUT2D eigenvalue weighted by Gasteiger charge is 2.23. The van der Waals surface area contributed by atoms with Gasteiger partial charge in [-0.3, -0.25) is 14.5 Å². The number of para-hydroxylation sites is 3. The van der Waals surface area contributed by atoms with Gasteiger partial charge in [0.2, 0.25) is 0 Å². The zero-order chi connectivity index (χ0) is 38.0. The lowest BCUT2D eigenvalue weighted by atomic mass is 9.84. The summed E-state index contributed by atoms with van der Waals surface area (Å²) in [6.45, 7) is 0. The van der Waals surface area contributed by atoms with Crippen LogP contribution in [0.2, 0.25) is 0 Å². The number of nitrogens with zero attached hydrogens (tertiary/aromatic N) is 4. The number of pyridine rings is 2. The van der Waals surface area contributed by atoms with Crippen LogP contribution < -0.4 is 0 Å². The van der Waals surface area contributed by atoms with Crippen molar-refractivity contribution in [2.75, 3.05) is 0 Å². The van der Waals surface area contributed by atoms with Crippen LogP contribution in [0, 0.1) is 0 Å². The van der Waals surface area contributed by atoms with Crippen molar-refractivity contribution in [3.63, 3.8) is 0 Å². The number of fused-ring (bicyclic) bond motifs is 5.